The molecule has 170 valence electrons. The van der Waals surface area contributed by atoms with Crippen molar-refractivity contribution in [3.63, 3.8) is 0 Å². The summed E-state index contributed by atoms with van der Waals surface area (Å²) in [4.78, 5) is 18.0. The van der Waals surface area contributed by atoms with Gasteiger partial charge in [0.25, 0.3) is 0 Å². The monoisotopic (exact) mass is 461 g/mol. The number of carbonyl (C=O) groups is 1. The van der Waals surface area contributed by atoms with E-state index in [1.807, 2.05) is 59.5 Å². The Balaban J connectivity index is 1.59. The summed E-state index contributed by atoms with van der Waals surface area (Å²) >= 11 is 5.62. The molecule has 1 atom stereocenters. The molecule has 1 fully saturated rings. The van der Waals surface area contributed by atoms with Crippen molar-refractivity contribution in [2.45, 2.75) is 6.04 Å². The first kappa shape index (κ1) is 22.5. The number of benzene rings is 2. The second kappa shape index (κ2) is 9.87. The predicted octanol–water partition coefficient (Wildman–Crippen LogP) is 3.74. The SMILES string of the molecule is COc1ccc(N2CCN(C(=O)C(c3ccccc3)n3ccc(N)c(C=N)c3=S)CC2)cc1. The Bertz CT molecular complexity index is 1190. The average molecular weight is 462 g/mol. The predicted molar refractivity (Wildman–Crippen MR) is 134 cm³/mol. The average Bonchev–Trinajstić information content (AvgIpc) is 2.86. The third kappa shape index (κ3) is 4.61. The Kier molecular flexibility index (Phi) is 6.74. The van der Waals surface area contributed by atoms with Crippen LogP contribution in [-0.2, 0) is 4.79 Å². The zero-order valence-electron chi connectivity index (χ0n) is 18.5. The normalized spacial score (nSPS) is 14.6. The minimum absolute atomic E-state index is 0.0209. The Morgan fingerprint density at radius 1 is 1.06 bits per heavy atom. The number of aromatic nitrogens is 1. The number of nitrogen functional groups attached to an aromatic ring is 1. The summed E-state index contributed by atoms with van der Waals surface area (Å²) < 4.78 is 7.37. The van der Waals surface area contributed by atoms with Gasteiger partial charge < -0.3 is 30.2 Å². The number of carbonyl (C=O) groups excluding carboxylic acids is 1. The zero-order valence-corrected chi connectivity index (χ0v) is 19.3. The molecule has 2 aromatic carbocycles. The highest BCUT2D eigenvalue weighted by molar-refractivity contribution is 7.71. The highest BCUT2D eigenvalue weighted by atomic mass is 32.1. The van der Waals surface area contributed by atoms with Crippen molar-refractivity contribution < 1.29 is 9.53 Å². The van der Waals surface area contributed by atoms with Crippen LogP contribution in [-0.4, -0.2) is 54.9 Å². The number of nitrogens with two attached hydrogens (primary N) is 1. The molecule has 3 aromatic rings. The summed E-state index contributed by atoms with van der Waals surface area (Å²) in [7, 11) is 1.65. The molecule has 8 heteroatoms. The molecule has 1 unspecified atom stereocenters. The molecular weight excluding hydrogens is 434 g/mol. The van der Waals surface area contributed by atoms with Gasteiger partial charge in [0.2, 0.25) is 5.91 Å². The van der Waals surface area contributed by atoms with E-state index in [0.29, 0.717) is 29.0 Å². The summed E-state index contributed by atoms with van der Waals surface area (Å²) in [6.07, 6.45) is 2.89. The van der Waals surface area contributed by atoms with Gasteiger partial charge >= 0.3 is 0 Å². The van der Waals surface area contributed by atoms with E-state index in [-0.39, 0.29) is 5.91 Å². The van der Waals surface area contributed by atoms with E-state index in [4.69, 9.17) is 28.1 Å². The number of hydrogen-bond acceptors (Lipinski definition) is 6. The largest absolute Gasteiger partial charge is 0.497 e. The molecule has 33 heavy (non-hydrogen) atoms. The second-order valence-electron chi connectivity index (χ2n) is 7.87. The van der Waals surface area contributed by atoms with Crippen LogP contribution in [0, 0.1) is 10.0 Å². The van der Waals surface area contributed by atoms with Gasteiger partial charge in [-0.2, -0.15) is 0 Å². The molecule has 3 N–H and O–H groups in total. The van der Waals surface area contributed by atoms with Crippen LogP contribution in [0.1, 0.15) is 17.2 Å². The van der Waals surface area contributed by atoms with E-state index in [1.54, 1.807) is 23.9 Å². The number of methoxy groups -OCH3 is 1. The van der Waals surface area contributed by atoms with Gasteiger partial charge in [-0.1, -0.05) is 42.5 Å². The van der Waals surface area contributed by atoms with E-state index in [1.165, 1.54) is 0 Å². The van der Waals surface area contributed by atoms with Crippen molar-refractivity contribution in [2.24, 2.45) is 0 Å². The minimum atomic E-state index is -0.620. The first-order valence-corrected chi connectivity index (χ1v) is 11.2. The molecule has 0 radical (unpaired) electrons. The van der Waals surface area contributed by atoms with E-state index >= 15 is 0 Å². The second-order valence-corrected chi connectivity index (χ2v) is 8.25. The molecule has 0 spiro atoms. The van der Waals surface area contributed by atoms with E-state index in [0.717, 1.165) is 36.3 Å². The maximum absolute atomic E-state index is 13.8. The van der Waals surface area contributed by atoms with Crippen molar-refractivity contribution in [1.82, 2.24) is 9.47 Å². The van der Waals surface area contributed by atoms with Gasteiger partial charge in [-0.3, -0.25) is 4.79 Å². The standard InChI is InChI=1S/C25H27N5O2S/c1-32-20-9-7-19(8-10-20)28-13-15-29(16-14-28)24(31)23(18-5-3-2-4-6-18)30-12-11-22(27)21(17-26)25(30)33/h2-12,17,23,26H,13-16,27H2,1H3. The fourth-order valence-electron chi connectivity index (χ4n) is 4.14. The molecule has 4 rings (SSSR count). The Hall–Kier alpha value is -3.65. The van der Waals surface area contributed by atoms with Gasteiger partial charge in [-0.15, -0.1) is 0 Å². The zero-order chi connectivity index (χ0) is 23.4. The van der Waals surface area contributed by atoms with Crippen molar-refractivity contribution in [3.8, 4) is 5.75 Å². The summed E-state index contributed by atoms with van der Waals surface area (Å²) in [5, 5.41) is 7.71. The van der Waals surface area contributed by atoms with Gasteiger partial charge in [0.05, 0.1) is 12.7 Å². The van der Waals surface area contributed by atoms with Crippen LogP contribution in [0.4, 0.5) is 11.4 Å². The lowest BCUT2D eigenvalue weighted by Gasteiger charge is -2.38. The molecule has 0 aliphatic carbocycles. The number of piperazine rings is 1. The molecule has 1 aromatic heterocycles. The molecule has 2 heterocycles. The topological polar surface area (TPSA) is 87.6 Å². The minimum Gasteiger partial charge on any atom is -0.497 e. The molecule has 1 aliphatic rings. The summed E-state index contributed by atoms with van der Waals surface area (Å²) in [6, 6.07) is 18.6. The van der Waals surface area contributed by atoms with Crippen LogP contribution in [0.5, 0.6) is 5.75 Å². The molecule has 0 bridgehead atoms. The molecule has 1 amide bonds. The molecule has 7 nitrogen and oxygen atoms in total. The number of nitrogens with one attached hydrogen (secondary N) is 1. The number of rotatable bonds is 6. The van der Waals surface area contributed by atoms with Gasteiger partial charge in [0.1, 0.15) is 16.4 Å². The smallest absolute Gasteiger partial charge is 0.250 e. The van der Waals surface area contributed by atoms with Crippen LogP contribution in [0.25, 0.3) is 0 Å². The van der Waals surface area contributed by atoms with E-state index < -0.39 is 6.04 Å². The van der Waals surface area contributed by atoms with Crippen LogP contribution < -0.4 is 15.4 Å². The van der Waals surface area contributed by atoms with E-state index in [2.05, 4.69) is 4.90 Å². The van der Waals surface area contributed by atoms with Crippen molar-refractivity contribution >= 4 is 35.7 Å². The number of amides is 1. The highest BCUT2D eigenvalue weighted by Crippen LogP contribution is 2.26. The Morgan fingerprint density at radius 3 is 2.33 bits per heavy atom. The van der Waals surface area contributed by atoms with Crippen LogP contribution >= 0.6 is 12.2 Å². The number of anilines is 2. The molecular formula is C25H27N5O2S. The van der Waals surface area contributed by atoms with Crippen LogP contribution in [0.2, 0.25) is 0 Å². The lowest BCUT2D eigenvalue weighted by molar-refractivity contribution is -0.133. The number of ether oxygens (including phenoxy) is 1. The molecule has 0 saturated carbocycles. The van der Waals surface area contributed by atoms with Gasteiger partial charge in [-0.25, -0.2) is 0 Å². The lowest BCUT2D eigenvalue weighted by atomic mass is 10.0. The number of pyridine rings is 1. The first-order valence-electron chi connectivity index (χ1n) is 10.8. The summed E-state index contributed by atoms with van der Waals surface area (Å²) in [5.74, 6) is 0.801. The molecule has 1 aliphatic heterocycles. The Morgan fingerprint density at radius 2 is 1.73 bits per heavy atom. The van der Waals surface area contributed by atoms with Gasteiger partial charge in [0.15, 0.2) is 0 Å². The van der Waals surface area contributed by atoms with Crippen molar-refractivity contribution in [1.29, 1.82) is 5.41 Å². The number of hydrogen-bond donors (Lipinski definition) is 2. The third-order valence-electron chi connectivity index (χ3n) is 5.99. The quantitative estimate of drug-likeness (QED) is 0.431. The molecule has 1 saturated heterocycles. The fourth-order valence-corrected chi connectivity index (χ4v) is 4.48. The van der Waals surface area contributed by atoms with Gasteiger partial charge in [0, 0.05) is 50.0 Å². The third-order valence-corrected chi connectivity index (χ3v) is 6.42. The maximum atomic E-state index is 13.8. The van der Waals surface area contributed by atoms with Gasteiger partial charge in [-0.05, 0) is 35.9 Å². The highest BCUT2D eigenvalue weighted by Gasteiger charge is 2.30. The first-order chi connectivity index (χ1) is 16.0. The van der Waals surface area contributed by atoms with Crippen LogP contribution in [0.15, 0.2) is 66.9 Å². The fraction of sp³-hybridized carbons (Fsp3) is 0.240. The van der Waals surface area contributed by atoms with Crippen molar-refractivity contribution in [3.05, 3.63) is 82.6 Å². The Labute approximate surface area is 198 Å². The van der Waals surface area contributed by atoms with E-state index in [9.17, 15) is 4.79 Å². The lowest BCUT2D eigenvalue weighted by Crippen LogP contribution is -2.50. The summed E-state index contributed by atoms with van der Waals surface area (Å²) in [5.41, 5.74) is 8.84. The summed E-state index contributed by atoms with van der Waals surface area (Å²) in [6.45, 7) is 2.68. The van der Waals surface area contributed by atoms with Crippen molar-refractivity contribution in [2.75, 3.05) is 43.9 Å². The maximum Gasteiger partial charge on any atom is 0.250 e. The number of nitrogens with zero attached hydrogens (tertiary/aromatic N) is 3. The van der Waals surface area contributed by atoms with Crippen LogP contribution in [0.3, 0.4) is 0 Å².